The fourth-order valence-electron chi connectivity index (χ4n) is 2.71. The van der Waals surface area contributed by atoms with E-state index in [0.29, 0.717) is 23.7 Å². The highest BCUT2D eigenvalue weighted by atomic mass is 16.6. The topological polar surface area (TPSA) is 131 Å². The van der Waals surface area contributed by atoms with Crippen molar-refractivity contribution in [1.82, 2.24) is 14.5 Å². The van der Waals surface area contributed by atoms with E-state index in [2.05, 4.69) is 15.1 Å². The third-order valence-electron chi connectivity index (χ3n) is 3.69. The van der Waals surface area contributed by atoms with E-state index in [1.165, 1.54) is 0 Å². The molecule has 9 nitrogen and oxygen atoms in total. The second kappa shape index (κ2) is 7.26. The van der Waals surface area contributed by atoms with Crippen molar-refractivity contribution >= 4 is 39.6 Å². The molecule has 0 fully saturated rings. The van der Waals surface area contributed by atoms with Crippen molar-refractivity contribution in [3.63, 3.8) is 0 Å². The minimum absolute atomic E-state index is 0.0976. The molecule has 3 rings (SSSR count). The van der Waals surface area contributed by atoms with Crippen molar-refractivity contribution < 1.29 is 14.4 Å². The maximum absolute atomic E-state index is 10.9. The smallest absolute Gasteiger partial charge is 0.404 e. The van der Waals surface area contributed by atoms with Gasteiger partial charge in [-0.2, -0.15) is 0 Å². The van der Waals surface area contributed by atoms with Crippen molar-refractivity contribution in [2.45, 2.75) is 27.0 Å². The van der Waals surface area contributed by atoms with Crippen molar-refractivity contribution in [3.8, 4) is 0 Å². The van der Waals surface area contributed by atoms with Gasteiger partial charge in [-0.15, -0.1) is 0 Å². The Kier molecular flexibility index (Phi) is 4.87. The van der Waals surface area contributed by atoms with Crippen molar-refractivity contribution in [2.24, 2.45) is 10.9 Å². The van der Waals surface area contributed by atoms with Crippen LogP contribution in [0, 0.1) is 0 Å². The van der Waals surface area contributed by atoms with Gasteiger partial charge in [0.25, 0.3) is 0 Å². The van der Waals surface area contributed by atoms with Crippen LogP contribution in [-0.2, 0) is 22.7 Å². The summed E-state index contributed by atoms with van der Waals surface area (Å²) in [5.41, 5.74) is 14.1. The van der Waals surface area contributed by atoms with E-state index in [0.717, 1.165) is 22.1 Å². The van der Waals surface area contributed by atoms with Gasteiger partial charge < -0.3 is 25.6 Å². The van der Waals surface area contributed by atoms with Gasteiger partial charge >= 0.3 is 6.09 Å². The Morgan fingerprint density at radius 1 is 1.27 bits per heavy atom. The number of benzene rings is 1. The van der Waals surface area contributed by atoms with Crippen LogP contribution < -0.4 is 11.5 Å². The normalized spacial score (nSPS) is 10.8. The predicted octanol–water partition coefficient (Wildman–Crippen LogP) is 2.17. The van der Waals surface area contributed by atoms with Crippen LogP contribution in [0.2, 0.25) is 0 Å². The summed E-state index contributed by atoms with van der Waals surface area (Å²) in [5, 5.41) is 4.83. The fraction of sp³-hybridized carbons (Fsp3) is 0.294. The minimum Gasteiger partial charge on any atom is -0.448 e. The summed E-state index contributed by atoms with van der Waals surface area (Å²) in [5.74, 6) is 0.924. The molecule has 0 unspecified atom stereocenters. The number of ether oxygens (including phenoxy) is 1. The van der Waals surface area contributed by atoms with Crippen LogP contribution in [0.4, 0.5) is 10.6 Å². The Morgan fingerprint density at radius 3 is 2.77 bits per heavy atom. The monoisotopic (exact) mass is 356 g/mol. The van der Waals surface area contributed by atoms with Crippen molar-refractivity contribution in [1.29, 1.82) is 0 Å². The molecule has 1 aromatic carbocycles. The first-order chi connectivity index (χ1) is 12.5. The van der Waals surface area contributed by atoms with E-state index in [-0.39, 0.29) is 13.2 Å². The zero-order chi connectivity index (χ0) is 18.7. The fourth-order valence-corrected chi connectivity index (χ4v) is 2.71. The van der Waals surface area contributed by atoms with Crippen LogP contribution in [0.3, 0.4) is 0 Å². The molecule has 0 bridgehead atoms. The number of nitrogens with zero attached hydrogens (tertiary/aromatic N) is 4. The number of aromatic nitrogens is 3. The average Bonchev–Trinajstić information content (AvgIpc) is 2.94. The van der Waals surface area contributed by atoms with Gasteiger partial charge in [0.1, 0.15) is 12.1 Å². The summed E-state index contributed by atoms with van der Waals surface area (Å²) in [6, 6.07) is 7.62. The van der Waals surface area contributed by atoms with Gasteiger partial charge in [-0.3, -0.25) is 0 Å². The van der Waals surface area contributed by atoms with Crippen LogP contribution in [-0.4, -0.2) is 32.9 Å². The van der Waals surface area contributed by atoms with Gasteiger partial charge in [-0.05, 0) is 19.9 Å². The highest BCUT2D eigenvalue weighted by molar-refractivity contribution is 6.06. The number of nitrogen functional groups attached to an aromatic ring is 1. The summed E-state index contributed by atoms with van der Waals surface area (Å²) < 4.78 is 6.77. The highest BCUT2D eigenvalue weighted by Gasteiger charge is 2.17. The molecule has 0 saturated heterocycles. The van der Waals surface area contributed by atoms with Gasteiger partial charge in [-0.1, -0.05) is 23.4 Å². The lowest BCUT2D eigenvalue weighted by Gasteiger charge is -2.10. The second-order valence-corrected chi connectivity index (χ2v) is 5.87. The summed E-state index contributed by atoms with van der Waals surface area (Å²) >= 11 is 0. The summed E-state index contributed by atoms with van der Waals surface area (Å²) in [6.07, 6.45) is -0.829. The Labute approximate surface area is 149 Å². The number of nitrogens with two attached hydrogens (primary N) is 2. The van der Waals surface area contributed by atoms with Gasteiger partial charge in [0, 0.05) is 5.39 Å². The summed E-state index contributed by atoms with van der Waals surface area (Å²) in [6.45, 7) is 4.25. The molecule has 0 saturated carbocycles. The summed E-state index contributed by atoms with van der Waals surface area (Å²) in [4.78, 5) is 25.2. The number of carbonyl (C=O) groups excluding carboxylic acids is 1. The van der Waals surface area contributed by atoms with Crippen LogP contribution >= 0.6 is 0 Å². The van der Waals surface area contributed by atoms with Gasteiger partial charge in [-0.25, -0.2) is 14.8 Å². The van der Waals surface area contributed by atoms with E-state index < -0.39 is 6.09 Å². The number of carbonyl (C=O) groups is 1. The number of fused-ring (bicyclic) bond motifs is 3. The number of pyridine rings is 1. The van der Waals surface area contributed by atoms with Crippen LogP contribution in [0.25, 0.3) is 21.9 Å². The Bertz CT molecular complexity index is 991. The van der Waals surface area contributed by atoms with Crippen molar-refractivity contribution in [2.75, 3.05) is 12.3 Å². The molecule has 2 aromatic heterocycles. The van der Waals surface area contributed by atoms with Gasteiger partial charge in [0.05, 0.1) is 23.3 Å². The Hall–Kier alpha value is -3.36. The molecule has 2 heterocycles. The highest BCUT2D eigenvalue weighted by Crippen LogP contribution is 2.29. The van der Waals surface area contributed by atoms with E-state index in [1.807, 2.05) is 42.7 Å². The molecule has 0 aliphatic carbocycles. The van der Waals surface area contributed by atoms with Crippen LogP contribution in [0.15, 0.2) is 29.4 Å². The molecular weight excluding hydrogens is 336 g/mol. The third kappa shape index (κ3) is 3.51. The summed E-state index contributed by atoms with van der Waals surface area (Å²) in [7, 11) is 0. The maximum Gasteiger partial charge on any atom is 0.404 e. The molecule has 3 aromatic rings. The number of hydrogen-bond donors (Lipinski definition) is 2. The number of anilines is 1. The number of rotatable bonds is 6. The lowest BCUT2D eigenvalue weighted by atomic mass is 10.2. The number of para-hydroxylation sites is 1. The zero-order valence-electron chi connectivity index (χ0n) is 14.6. The van der Waals surface area contributed by atoms with Crippen LogP contribution in [0.5, 0.6) is 0 Å². The van der Waals surface area contributed by atoms with Gasteiger partial charge in [0.15, 0.2) is 18.2 Å². The first-order valence-electron chi connectivity index (χ1n) is 8.06. The molecule has 0 radical (unpaired) electrons. The molecule has 0 aliphatic rings. The molecule has 26 heavy (non-hydrogen) atoms. The molecular formula is C17H20N6O3. The lowest BCUT2D eigenvalue weighted by Crippen LogP contribution is -2.17. The standard InChI is InChI=1S/C17H20N6O3/c1-10(2)22-26-9-13-21-14-15(23(13)7-8-25-17(19)24)11-5-3-4-6-12(11)20-16(14)18/h3-6H,7-9H2,1-2H3,(H2,18,20)(H2,19,24). The molecule has 4 N–H and O–H groups in total. The zero-order valence-corrected chi connectivity index (χ0v) is 14.6. The molecule has 0 spiro atoms. The second-order valence-electron chi connectivity index (χ2n) is 5.87. The number of hydrogen-bond acceptors (Lipinski definition) is 7. The maximum atomic E-state index is 10.9. The molecule has 0 atom stereocenters. The number of primary amides is 1. The Balaban J connectivity index is 2.12. The van der Waals surface area contributed by atoms with E-state index >= 15 is 0 Å². The Morgan fingerprint density at radius 2 is 2.04 bits per heavy atom. The predicted molar refractivity (Wildman–Crippen MR) is 98.6 cm³/mol. The van der Waals surface area contributed by atoms with Crippen molar-refractivity contribution in [3.05, 3.63) is 30.1 Å². The largest absolute Gasteiger partial charge is 0.448 e. The average molecular weight is 356 g/mol. The molecule has 1 amide bonds. The lowest BCUT2D eigenvalue weighted by molar-refractivity contribution is 0.119. The molecule has 9 heteroatoms. The third-order valence-corrected chi connectivity index (χ3v) is 3.69. The minimum atomic E-state index is -0.829. The molecule has 0 aliphatic heterocycles. The molecule has 136 valence electrons. The number of imidazole rings is 1. The van der Waals surface area contributed by atoms with Gasteiger partial charge in [0.2, 0.25) is 0 Å². The van der Waals surface area contributed by atoms with Crippen LogP contribution in [0.1, 0.15) is 19.7 Å². The number of amides is 1. The SMILES string of the molecule is CC(C)=NOCc1nc2c(N)nc3ccccc3c2n1CCOC(N)=O. The van der Waals surface area contributed by atoms with E-state index in [4.69, 9.17) is 21.0 Å². The van der Waals surface area contributed by atoms with E-state index in [1.54, 1.807) is 0 Å². The first kappa shape index (κ1) is 17.5. The number of oxime groups is 1. The quantitative estimate of drug-likeness (QED) is 0.514. The first-order valence-corrected chi connectivity index (χ1v) is 8.06. The van der Waals surface area contributed by atoms with E-state index in [9.17, 15) is 4.79 Å².